The normalized spacial score (nSPS) is 24.2. The number of nitrogens with two attached hydrogens (primary N) is 1. The molecule has 0 aliphatic carbocycles. The van der Waals surface area contributed by atoms with Crippen molar-refractivity contribution < 1.29 is 12.8 Å². The molecule has 0 aromatic heterocycles. The third-order valence-corrected chi connectivity index (χ3v) is 5.35. The first-order chi connectivity index (χ1) is 8.45. The Labute approximate surface area is 119 Å². The van der Waals surface area contributed by atoms with Gasteiger partial charge in [-0.1, -0.05) is 0 Å². The highest BCUT2D eigenvalue weighted by Crippen LogP contribution is 2.28. The molecular formula is C12H18ClFN2O2S. The van der Waals surface area contributed by atoms with Gasteiger partial charge in [0, 0.05) is 12.6 Å². The monoisotopic (exact) mass is 308 g/mol. The molecule has 1 aliphatic rings. The molecular weight excluding hydrogens is 291 g/mol. The average Bonchev–Trinajstić information content (AvgIpc) is 2.72. The predicted octanol–water partition coefficient (Wildman–Crippen LogP) is 1.61. The summed E-state index contributed by atoms with van der Waals surface area (Å²) in [5.41, 5.74) is 5.59. The van der Waals surface area contributed by atoms with Crippen LogP contribution in [-0.2, 0) is 10.0 Å². The largest absolute Gasteiger partial charge is 0.330 e. The lowest BCUT2D eigenvalue weighted by Crippen LogP contribution is -2.34. The highest BCUT2D eigenvalue weighted by Gasteiger charge is 2.37. The Morgan fingerprint density at radius 1 is 1.37 bits per heavy atom. The van der Waals surface area contributed by atoms with E-state index in [1.807, 2.05) is 6.92 Å². The molecule has 108 valence electrons. The molecule has 2 rings (SSSR count). The van der Waals surface area contributed by atoms with E-state index < -0.39 is 15.8 Å². The molecule has 2 unspecified atom stereocenters. The minimum absolute atomic E-state index is 0. The number of sulfonamides is 1. The van der Waals surface area contributed by atoms with Crippen molar-refractivity contribution in [2.75, 3.05) is 13.1 Å². The summed E-state index contributed by atoms with van der Waals surface area (Å²) in [5.74, 6) is -0.238. The van der Waals surface area contributed by atoms with E-state index in [0.29, 0.717) is 13.1 Å². The Balaban J connectivity index is 0.00000180. The van der Waals surface area contributed by atoms with Crippen LogP contribution in [-0.4, -0.2) is 31.9 Å². The van der Waals surface area contributed by atoms with E-state index in [-0.39, 0.29) is 29.3 Å². The standard InChI is InChI=1S/C12H17FN2O2S.ClH/c1-9-6-10(7-14)8-15(9)18(16,17)12-4-2-11(13)3-5-12;/h2-5,9-10H,6-8,14H2,1H3;1H. The van der Waals surface area contributed by atoms with Crippen molar-refractivity contribution >= 4 is 22.4 Å². The quantitative estimate of drug-likeness (QED) is 0.922. The Morgan fingerprint density at radius 2 is 1.95 bits per heavy atom. The van der Waals surface area contributed by atoms with E-state index >= 15 is 0 Å². The van der Waals surface area contributed by atoms with Gasteiger partial charge in [0.2, 0.25) is 10.0 Å². The van der Waals surface area contributed by atoms with Gasteiger partial charge in [0.15, 0.2) is 0 Å². The van der Waals surface area contributed by atoms with Crippen LogP contribution >= 0.6 is 12.4 Å². The molecule has 0 spiro atoms. The molecule has 19 heavy (non-hydrogen) atoms. The van der Waals surface area contributed by atoms with Crippen molar-refractivity contribution in [3.63, 3.8) is 0 Å². The second-order valence-electron chi connectivity index (χ2n) is 4.72. The summed E-state index contributed by atoms with van der Waals surface area (Å²) in [6.45, 7) is 2.80. The number of hydrogen-bond donors (Lipinski definition) is 1. The number of rotatable bonds is 3. The molecule has 1 aromatic carbocycles. The molecule has 0 saturated carbocycles. The van der Waals surface area contributed by atoms with Crippen LogP contribution < -0.4 is 5.73 Å². The zero-order chi connectivity index (χ0) is 13.3. The molecule has 0 radical (unpaired) electrons. The molecule has 1 aromatic rings. The summed E-state index contributed by atoms with van der Waals surface area (Å²) in [4.78, 5) is 0.133. The molecule has 0 bridgehead atoms. The van der Waals surface area contributed by atoms with E-state index in [4.69, 9.17) is 5.73 Å². The Bertz CT molecular complexity index is 521. The molecule has 7 heteroatoms. The van der Waals surface area contributed by atoms with Crippen molar-refractivity contribution in [1.82, 2.24) is 4.31 Å². The van der Waals surface area contributed by atoms with Crippen molar-refractivity contribution in [2.45, 2.75) is 24.3 Å². The molecule has 4 nitrogen and oxygen atoms in total. The van der Waals surface area contributed by atoms with Crippen LogP contribution in [0.2, 0.25) is 0 Å². The summed E-state index contributed by atoms with van der Waals surface area (Å²) >= 11 is 0. The zero-order valence-corrected chi connectivity index (χ0v) is 12.3. The van der Waals surface area contributed by atoms with Crippen molar-refractivity contribution in [2.24, 2.45) is 11.7 Å². The van der Waals surface area contributed by atoms with Crippen LogP contribution in [0.25, 0.3) is 0 Å². The van der Waals surface area contributed by atoms with E-state index in [1.165, 1.54) is 16.4 Å². The Hall–Kier alpha value is -0.690. The van der Waals surface area contributed by atoms with E-state index in [2.05, 4.69) is 0 Å². The molecule has 1 fully saturated rings. The van der Waals surface area contributed by atoms with Crippen LogP contribution in [0, 0.1) is 11.7 Å². The van der Waals surface area contributed by atoms with Gasteiger partial charge in [-0.3, -0.25) is 0 Å². The first kappa shape index (κ1) is 16.4. The van der Waals surface area contributed by atoms with Crippen LogP contribution in [0.1, 0.15) is 13.3 Å². The maximum absolute atomic E-state index is 12.8. The van der Waals surface area contributed by atoms with Gasteiger partial charge in [-0.15, -0.1) is 12.4 Å². The lowest BCUT2D eigenvalue weighted by molar-refractivity contribution is 0.404. The van der Waals surface area contributed by atoms with Gasteiger partial charge in [0.1, 0.15) is 5.82 Å². The van der Waals surface area contributed by atoms with Crippen molar-refractivity contribution in [3.8, 4) is 0 Å². The van der Waals surface area contributed by atoms with Crippen molar-refractivity contribution in [3.05, 3.63) is 30.1 Å². The van der Waals surface area contributed by atoms with E-state index in [9.17, 15) is 12.8 Å². The van der Waals surface area contributed by atoms with Gasteiger partial charge < -0.3 is 5.73 Å². The number of hydrogen-bond acceptors (Lipinski definition) is 3. The lowest BCUT2D eigenvalue weighted by Gasteiger charge is -2.20. The third-order valence-electron chi connectivity index (χ3n) is 3.36. The maximum Gasteiger partial charge on any atom is 0.243 e. The first-order valence-electron chi connectivity index (χ1n) is 5.92. The third kappa shape index (κ3) is 3.25. The molecule has 2 atom stereocenters. The fourth-order valence-corrected chi connectivity index (χ4v) is 4.07. The first-order valence-corrected chi connectivity index (χ1v) is 7.36. The van der Waals surface area contributed by atoms with Gasteiger partial charge in [0.05, 0.1) is 4.90 Å². The topological polar surface area (TPSA) is 63.4 Å². The highest BCUT2D eigenvalue weighted by molar-refractivity contribution is 7.89. The molecule has 2 N–H and O–H groups in total. The lowest BCUT2D eigenvalue weighted by atomic mass is 10.1. The fourth-order valence-electron chi connectivity index (χ4n) is 2.36. The molecule has 1 aliphatic heterocycles. The SMILES string of the molecule is CC1CC(CN)CN1S(=O)(=O)c1ccc(F)cc1.Cl. The van der Waals surface area contributed by atoms with Crippen LogP contribution in [0.3, 0.4) is 0 Å². The Morgan fingerprint density at radius 3 is 2.42 bits per heavy atom. The van der Waals surface area contributed by atoms with E-state index in [0.717, 1.165) is 18.6 Å². The average molecular weight is 309 g/mol. The highest BCUT2D eigenvalue weighted by atomic mass is 35.5. The Kier molecular flexibility index (Phi) is 5.32. The second-order valence-corrected chi connectivity index (χ2v) is 6.61. The molecule has 1 saturated heterocycles. The van der Waals surface area contributed by atoms with Crippen molar-refractivity contribution in [1.29, 1.82) is 0 Å². The summed E-state index contributed by atoms with van der Waals surface area (Å²) in [6.07, 6.45) is 0.775. The van der Waals surface area contributed by atoms with Gasteiger partial charge in [-0.25, -0.2) is 12.8 Å². The summed E-state index contributed by atoms with van der Waals surface area (Å²) in [6, 6.07) is 4.86. The minimum atomic E-state index is -3.54. The summed E-state index contributed by atoms with van der Waals surface area (Å²) in [7, 11) is -3.54. The summed E-state index contributed by atoms with van der Waals surface area (Å²) in [5, 5.41) is 0. The predicted molar refractivity (Wildman–Crippen MR) is 74.2 cm³/mol. The minimum Gasteiger partial charge on any atom is -0.330 e. The van der Waals surface area contributed by atoms with Gasteiger partial charge in [0.25, 0.3) is 0 Å². The number of benzene rings is 1. The molecule has 1 heterocycles. The van der Waals surface area contributed by atoms with E-state index in [1.54, 1.807) is 0 Å². The van der Waals surface area contributed by atoms with Gasteiger partial charge in [-0.05, 0) is 50.1 Å². The fraction of sp³-hybridized carbons (Fsp3) is 0.500. The smallest absolute Gasteiger partial charge is 0.243 e. The van der Waals surface area contributed by atoms with Crippen LogP contribution in [0.4, 0.5) is 4.39 Å². The van der Waals surface area contributed by atoms with Gasteiger partial charge in [-0.2, -0.15) is 4.31 Å². The molecule has 0 amide bonds. The number of halogens is 2. The van der Waals surface area contributed by atoms with Crippen LogP contribution in [0.15, 0.2) is 29.2 Å². The van der Waals surface area contributed by atoms with Gasteiger partial charge >= 0.3 is 0 Å². The summed E-state index contributed by atoms with van der Waals surface area (Å²) < 4.78 is 39.0. The zero-order valence-electron chi connectivity index (χ0n) is 10.6. The van der Waals surface area contributed by atoms with Crippen LogP contribution in [0.5, 0.6) is 0 Å². The maximum atomic E-state index is 12.8. The second kappa shape index (κ2) is 6.17. The number of nitrogens with zero attached hydrogens (tertiary/aromatic N) is 1.